The molecule has 112 valence electrons. The zero-order chi connectivity index (χ0) is 15.0. The van der Waals surface area contributed by atoms with Crippen molar-refractivity contribution in [2.24, 2.45) is 5.92 Å². The van der Waals surface area contributed by atoms with Crippen LogP contribution in [0, 0.1) is 5.92 Å². The third-order valence-corrected chi connectivity index (χ3v) is 4.18. The van der Waals surface area contributed by atoms with Crippen molar-refractivity contribution in [3.05, 3.63) is 23.8 Å². The fraction of sp³-hybridized carbons (Fsp3) is 0.500. The number of hydrogen-bond donors (Lipinski definition) is 1. The molecule has 0 aromatic heterocycles. The number of fused-ring (bicyclic) bond motifs is 1. The lowest BCUT2D eigenvalue weighted by molar-refractivity contribution is -0.139. The Morgan fingerprint density at radius 2 is 1.95 bits per heavy atom. The molecule has 1 heterocycles. The van der Waals surface area contributed by atoms with E-state index in [4.69, 9.17) is 9.47 Å². The monoisotopic (exact) mass is 290 g/mol. The number of benzene rings is 1. The van der Waals surface area contributed by atoms with Gasteiger partial charge in [-0.05, 0) is 37.0 Å². The average Bonchev–Trinajstić information content (AvgIpc) is 2.45. The standard InChI is InChI=1S/C16H18O5/c1-9(17)16-12(18)6-11(7-13(16)19)10-2-3-14-15(8-10)21-5-4-20-14/h2-3,8,11-12,16,18H,4-7H2,1H3. The zero-order valence-electron chi connectivity index (χ0n) is 11.9. The van der Waals surface area contributed by atoms with E-state index in [1.54, 1.807) is 0 Å². The number of rotatable bonds is 2. The van der Waals surface area contributed by atoms with Crippen LogP contribution in [0.1, 0.15) is 31.2 Å². The molecule has 2 aliphatic rings. The second-order valence-electron chi connectivity index (χ2n) is 5.66. The van der Waals surface area contributed by atoms with E-state index in [1.165, 1.54) is 6.92 Å². The van der Waals surface area contributed by atoms with Gasteiger partial charge in [0.25, 0.3) is 0 Å². The van der Waals surface area contributed by atoms with E-state index < -0.39 is 12.0 Å². The van der Waals surface area contributed by atoms with Gasteiger partial charge in [0.15, 0.2) is 11.5 Å². The Labute approximate surface area is 122 Å². The van der Waals surface area contributed by atoms with Gasteiger partial charge < -0.3 is 14.6 Å². The Bertz CT molecular complexity index is 580. The first-order valence-corrected chi connectivity index (χ1v) is 7.17. The second-order valence-corrected chi connectivity index (χ2v) is 5.66. The lowest BCUT2D eigenvalue weighted by Gasteiger charge is -2.31. The molecule has 0 amide bonds. The summed E-state index contributed by atoms with van der Waals surface area (Å²) in [7, 11) is 0. The van der Waals surface area contributed by atoms with Crippen molar-refractivity contribution >= 4 is 11.6 Å². The molecule has 0 radical (unpaired) electrons. The summed E-state index contributed by atoms with van der Waals surface area (Å²) in [4.78, 5) is 23.5. The number of Topliss-reactive ketones (excluding diaryl/α,β-unsaturated/α-hetero) is 2. The molecule has 1 aromatic carbocycles. The summed E-state index contributed by atoms with van der Waals surface area (Å²) in [6.45, 7) is 2.40. The van der Waals surface area contributed by atoms with Crippen LogP contribution in [0.4, 0.5) is 0 Å². The van der Waals surface area contributed by atoms with Gasteiger partial charge in [-0.25, -0.2) is 0 Å². The summed E-state index contributed by atoms with van der Waals surface area (Å²) in [5, 5.41) is 10.1. The van der Waals surface area contributed by atoms with Crippen molar-refractivity contribution < 1.29 is 24.2 Å². The van der Waals surface area contributed by atoms with Crippen LogP contribution in [0.15, 0.2) is 18.2 Å². The van der Waals surface area contributed by atoms with Crippen LogP contribution in [0.25, 0.3) is 0 Å². The van der Waals surface area contributed by atoms with Gasteiger partial charge in [0.1, 0.15) is 30.7 Å². The first-order valence-electron chi connectivity index (χ1n) is 7.17. The molecule has 5 nitrogen and oxygen atoms in total. The molecule has 5 heteroatoms. The maximum atomic E-state index is 12.1. The molecule has 3 atom stereocenters. The van der Waals surface area contributed by atoms with E-state index in [-0.39, 0.29) is 23.9 Å². The first-order chi connectivity index (χ1) is 10.1. The van der Waals surface area contributed by atoms with Crippen LogP contribution in [0.3, 0.4) is 0 Å². The lowest BCUT2D eigenvalue weighted by Crippen LogP contribution is -2.40. The van der Waals surface area contributed by atoms with Gasteiger partial charge in [0.2, 0.25) is 0 Å². The van der Waals surface area contributed by atoms with E-state index in [2.05, 4.69) is 0 Å². The van der Waals surface area contributed by atoms with Crippen LogP contribution in [0.5, 0.6) is 11.5 Å². The Morgan fingerprint density at radius 1 is 1.24 bits per heavy atom. The summed E-state index contributed by atoms with van der Waals surface area (Å²) < 4.78 is 11.0. The van der Waals surface area contributed by atoms with Gasteiger partial charge in [-0.2, -0.15) is 0 Å². The molecule has 1 N–H and O–H groups in total. The number of carbonyl (C=O) groups excluding carboxylic acids is 2. The molecular formula is C16H18O5. The molecule has 0 spiro atoms. The van der Waals surface area contributed by atoms with Crippen molar-refractivity contribution in [2.45, 2.75) is 31.8 Å². The van der Waals surface area contributed by atoms with E-state index in [9.17, 15) is 14.7 Å². The molecule has 3 unspecified atom stereocenters. The van der Waals surface area contributed by atoms with Crippen LogP contribution in [-0.4, -0.2) is 36.0 Å². The molecule has 0 bridgehead atoms. The van der Waals surface area contributed by atoms with Crippen LogP contribution in [-0.2, 0) is 9.59 Å². The van der Waals surface area contributed by atoms with E-state index in [1.807, 2.05) is 18.2 Å². The van der Waals surface area contributed by atoms with Crippen LogP contribution in [0.2, 0.25) is 0 Å². The topological polar surface area (TPSA) is 72.8 Å². The van der Waals surface area contributed by atoms with E-state index >= 15 is 0 Å². The largest absolute Gasteiger partial charge is 0.486 e. The summed E-state index contributed by atoms with van der Waals surface area (Å²) in [6.07, 6.45) is -0.210. The average molecular weight is 290 g/mol. The summed E-state index contributed by atoms with van der Waals surface area (Å²) in [5.74, 6) is -0.00433. The number of hydrogen-bond acceptors (Lipinski definition) is 5. The molecule has 1 aliphatic heterocycles. The highest BCUT2D eigenvalue weighted by molar-refractivity contribution is 6.02. The fourth-order valence-corrected chi connectivity index (χ4v) is 3.16. The van der Waals surface area contributed by atoms with Crippen LogP contribution >= 0.6 is 0 Å². The van der Waals surface area contributed by atoms with Gasteiger partial charge in [-0.3, -0.25) is 9.59 Å². The number of carbonyl (C=O) groups is 2. The smallest absolute Gasteiger partial charge is 0.161 e. The van der Waals surface area contributed by atoms with Gasteiger partial charge in [0, 0.05) is 6.42 Å². The van der Waals surface area contributed by atoms with Gasteiger partial charge >= 0.3 is 0 Å². The minimum Gasteiger partial charge on any atom is -0.486 e. The molecule has 1 fully saturated rings. The van der Waals surface area contributed by atoms with Gasteiger partial charge in [-0.1, -0.05) is 6.07 Å². The summed E-state index contributed by atoms with van der Waals surface area (Å²) in [6, 6.07) is 5.59. The maximum Gasteiger partial charge on any atom is 0.161 e. The van der Waals surface area contributed by atoms with Crippen molar-refractivity contribution in [3.8, 4) is 11.5 Å². The summed E-state index contributed by atoms with van der Waals surface area (Å²) >= 11 is 0. The molecule has 1 aliphatic carbocycles. The highest BCUT2D eigenvalue weighted by atomic mass is 16.6. The van der Waals surface area contributed by atoms with E-state index in [0.29, 0.717) is 31.1 Å². The Hall–Kier alpha value is -1.88. The zero-order valence-corrected chi connectivity index (χ0v) is 11.9. The minimum absolute atomic E-state index is 0.0843. The number of ketones is 2. The predicted molar refractivity (Wildman–Crippen MR) is 74.6 cm³/mol. The van der Waals surface area contributed by atoms with Gasteiger partial charge in [-0.15, -0.1) is 0 Å². The van der Waals surface area contributed by atoms with Crippen molar-refractivity contribution in [3.63, 3.8) is 0 Å². The van der Waals surface area contributed by atoms with Crippen molar-refractivity contribution in [1.29, 1.82) is 0 Å². The third-order valence-electron chi connectivity index (χ3n) is 4.18. The Morgan fingerprint density at radius 3 is 2.62 bits per heavy atom. The quantitative estimate of drug-likeness (QED) is 0.835. The van der Waals surface area contributed by atoms with Crippen molar-refractivity contribution in [1.82, 2.24) is 0 Å². The number of ether oxygens (including phenoxy) is 2. The van der Waals surface area contributed by atoms with E-state index in [0.717, 1.165) is 5.56 Å². The van der Waals surface area contributed by atoms with Crippen molar-refractivity contribution in [2.75, 3.05) is 13.2 Å². The first kappa shape index (κ1) is 14.1. The molecule has 0 saturated heterocycles. The Kier molecular flexibility index (Phi) is 3.68. The normalized spacial score (nSPS) is 28.3. The van der Waals surface area contributed by atoms with Crippen LogP contribution < -0.4 is 9.47 Å². The SMILES string of the molecule is CC(=O)C1C(=O)CC(c2ccc3c(c2)OCCO3)CC1O. The second kappa shape index (κ2) is 5.48. The number of aliphatic hydroxyl groups is 1. The lowest BCUT2D eigenvalue weighted by atomic mass is 9.74. The molecule has 3 rings (SSSR count). The van der Waals surface area contributed by atoms with Gasteiger partial charge in [0.05, 0.1) is 6.10 Å². The summed E-state index contributed by atoms with van der Waals surface area (Å²) in [5.41, 5.74) is 0.939. The third kappa shape index (κ3) is 2.65. The minimum atomic E-state index is -0.901. The molecule has 1 aromatic rings. The molecule has 21 heavy (non-hydrogen) atoms. The maximum absolute atomic E-state index is 12.1. The Balaban J connectivity index is 1.82. The number of aliphatic hydroxyl groups excluding tert-OH is 1. The fourth-order valence-electron chi connectivity index (χ4n) is 3.16. The predicted octanol–water partition coefficient (Wildman–Crippen LogP) is 1.47. The molecular weight excluding hydrogens is 272 g/mol. The highest BCUT2D eigenvalue weighted by Crippen LogP contribution is 2.39. The highest BCUT2D eigenvalue weighted by Gasteiger charge is 2.39. The molecule has 1 saturated carbocycles.